The normalized spacial score (nSPS) is 12.4. The van der Waals surface area contributed by atoms with E-state index in [0.29, 0.717) is 0 Å². The van der Waals surface area contributed by atoms with E-state index in [1.807, 2.05) is 18.2 Å². The lowest BCUT2D eigenvalue weighted by Gasteiger charge is -2.08. The van der Waals surface area contributed by atoms with Crippen LogP contribution in [0.4, 0.5) is 0 Å². The van der Waals surface area contributed by atoms with E-state index >= 15 is 0 Å². The van der Waals surface area contributed by atoms with Gasteiger partial charge in [-0.3, -0.25) is 4.79 Å². The zero-order valence-corrected chi connectivity index (χ0v) is 7.18. The van der Waals surface area contributed by atoms with Gasteiger partial charge in [-0.2, -0.15) is 0 Å². The van der Waals surface area contributed by atoms with Crippen LogP contribution in [-0.2, 0) is 4.79 Å². The van der Waals surface area contributed by atoms with Crippen molar-refractivity contribution in [3.8, 4) is 0 Å². The van der Waals surface area contributed by atoms with Gasteiger partial charge in [-0.1, -0.05) is 30.3 Å². The van der Waals surface area contributed by atoms with Crippen LogP contribution in [0.25, 0.3) is 0 Å². The van der Waals surface area contributed by atoms with Crippen LogP contribution in [0.2, 0.25) is 0 Å². The number of hydrogen-bond donors (Lipinski definition) is 2. The predicted octanol–water partition coefficient (Wildman–Crippen LogP) is 1.58. The van der Waals surface area contributed by atoms with Gasteiger partial charge < -0.3 is 10.2 Å². The van der Waals surface area contributed by atoms with Crippen LogP contribution in [0.1, 0.15) is 24.5 Å². The monoisotopic (exact) mass is 180 g/mol. The molecule has 1 aromatic carbocycles. The number of aliphatic hydroxyl groups is 1. The molecule has 0 heterocycles. The zero-order valence-electron chi connectivity index (χ0n) is 7.18. The van der Waals surface area contributed by atoms with Gasteiger partial charge in [0, 0.05) is 6.42 Å². The lowest BCUT2D eigenvalue weighted by atomic mass is 10.1. The highest BCUT2D eigenvalue weighted by Crippen LogP contribution is 2.17. The van der Waals surface area contributed by atoms with Crippen molar-refractivity contribution < 1.29 is 15.0 Å². The summed E-state index contributed by atoms with van der Waals surface area (Å²) >= 11 is 0. The van der Waals surface area contributed by atoms with Crippen molar-refractivity contribution in [3.05, 3.63) is 35.9 Å². The van der Waals surface area contributed by atoms with Crippen LogP contribution in [-0.4, -0.2) is 16.2 Å². The molecule has 0 aliphatic rings. The topological polar surface area (TPSA) is 57.5 Å². The molecule has 13 heavy (non-hydrogen) atoms. The summed E-state index contributed by atoms with van der Waals surface area (Å²) in [5.74, 6) is -0.880. The minimum Gasteiger partial charge on any atom is -0.481 e. The second kappa shape index (κ2) is 4.62. The lowest BCUT2D eigenvalue weighted by Crippen LogP contribution is -2.01. The summed E-state index contributed by atoms with van der Waals surface area (Å²) in [6, 6.07) is 9.06. The molecule has 0 bridgehead atoms. The molecule has 0 aromatic heterocycles. The molecule has 0 saturated heterocycles. The highest BCUT2D eigenvalue weighted by Gasteiger charge is 2.08. The molecule has 3 heteroatoms. The van der Waals surface area contributed by atoms with Gasteiger partial charge in [0.2, 0.25) is 0 Å². The standard InChI is InChI=1S/C10H12O3/c11-9(6-7-10(12)13)8-4-2-1-3-5-8/h1-5,9,11H,6-7H2,(H,12,13)/t9-/m1/s1. The molecular weight excluding hydrogens is 168 g/mol. The summed E-state index contributed by atoms with van der Waals surface area (Å²) < 4.78 is 0. The quantitative estimate of drug-likeness (QED) is 0.739. The fourth-order valence-corrected chi connectivity index (χ4v) is 1.10. The molecule has 1 rings (SSSR count). The van der Waals surface area contributed by atoms with Gasteiger partial charge in [0.25, 0.3) is 0 Å². The van der Waals surface area contributed by atoms with Gasteiger partial charge in [-0.05, 0) is 12.0 Å². The van der Waals surface area contributed by atoms with Crippen molar-refractivity contribution >= 4 is 5.97 Å². The molecule has 3 nitrogen and oxygen atoms in total. The van der Waals surface area contributed by atoms with Crippen LogP contribution >= 0.6 is 0 Å². The third-order valence-electron chi connectivity index (χ3n) is 1.82. The Labute approximate surface area is 76.6 Å². The summed E-state index contributed by atoms with van der Waals surface area (Å²) in [5.41, 5.74) is 0.767. The van der Waals surface area contributed by atoms with Gasteiger partial charge in [-0.25, -0.2) is 0 Å². The van der Waals surface area contributed by atoms with Crippen LogP contribution in [0.3, 0.4) is 0 Å². The number of hydrogen-bond acceptors (Lipinski definition) is 2. The fraction of sp³-hybridized carbons (Fsp3) is 0.300. The first-order chi connectivity index (χ1) is 6.20. The Morgan fingerprint density at radius 3 is 2.46 bits per heavy atom. The van der Waals surface area contributed by atoms with Crippen molar-refractivity contribution in [3.63, 3.8) is 0 Å². The highest BCUT2D eigenvalue weighted by molar-refractivity contribution is 5.66. The van der Waals surface area contributed by atoms with Gasteiger partial charge in [-0.15, -0.1) is 0 Å². The zero-order chi connectivity index (χ0) is 9.68. The summed E-state index contributed by atoms with van der Waals surface area (Å²) in [6.45, 7) is 0. The number of rotatable bonds is 4. The number of carbonyl (C=O) groups is 1. The molecule has 0 aliphatic carbocycles. The number of carboxylic acids is 1. The van der Waals surface area contributed by atoms with Crippen LogP contribution in [0.5, 0.6) is 0 Å². The molecule has 0 fully saturated rings. The largest absolute Gasteiger partial charge is 0.481 e. The van der Waals surface area contributed by atoms with Crippen molar-refractivity contribution in [2.75, 3.05) is 0 Å². The number of aliphatic hydroxyl groups excluding tert-OH is 1. The van der Waals surface area contributed by atoms with Crippen molar-refractivity contribution in [1.82, 2.24) is 0 Å². The minimum absolute atomic E-state index is 0.00391. The van der Waals surface area contributed by atoms with E-state index in [0.717, 1.165) is 5.56 Å². The molecule has 0 spiro atoms. The second-order valence-electron chi connectivity index (χ2n) is 2.86. The Hall–Kier alpha value is -1.35. The van der Waals surface area contributed by atoms with Crippen molar-refractivity contribution in [2.24, 2.45) is 0 Å². The average molecular weight is 180 g/mol. The first-order valence-corrected chi connectivity index (χ1v) is 4.15. The summed E-state index contributed by atoms with van der Waals surface area (Å²) in [7, 11) is 0. The molecule has 1 aromatic rings. The minimum atomic E-state index is -0.880. The maximum Gasteiger partial charge on any atom is 0.303 e. The molecular formula is C10H12O3. The average Bonchev–Trinajstić information content (AvgIpc) is 2.15. The Kier molecular flexibility index (Phi) is 3.46. The first-order valence-electron chi connectivity index (χ1n) is 4.15. The fourth-order valence-electron chi connectivity index (χ4n) is 1.10. The maximum absolute atomic E-state index is 10.2. The third kappa shape index (κ3) is 3.25. The van der Waals surface area contributed by atoms with Gasteiger partial charge >= 0.3 is 5.97 Å². The Bertz CT molecular complexity index is 269. The SMILES string of the molecule is O=C(O)CC[C@@H](O)c1ccccc1. The number of benzene rings is 1. The maximum atomic E-state index is 10.2. The van der Waals surface area contributed by atoms with Gasteiger partial charge in [0.05, 0.1) is 6.10 Å². The van der Waals surface area contributed by atoms with Crippen LogP contribution in [0.15, 0.2) is 30.3 Å². The first kappa shape index (κ1) is 9.74. The smallest absolute Gasteiger partial charge is 0.303 e. The lowest BCUT2D eigenvalue weighted by molar-refractivity contribution is -0.137. The molecule has 0 saturated carbocycles. The van der Waals surface area contributed by atoms with Gasteiger partial charge in [0.15, 0.2) is 0 Å². The molecule has 2 N–H and O–H groups in total. The predicted molar refractivity (Wildman–Crippen MR) is 48.3 cm³/mol. The molecule has 0 unspecified atom stereocenters. The Morgan fingerprint density at radius 1 is 1.31 bits per heavy atom. The summed E-state index contributed by atoms with van der Waals surface area (Å²) in [4.78, 5) is 10.2. The van der Waals surface area contributed by atoms with Crippen molar-refractivity contribution in [2.45, 2.75) is 18.9 Å². The highest BCUT2D eigenvalue weighted by atomic mass is 16.4. The molecule has 70 valence electrons. The number of aliphatic carboxylic acids is 1. The summed E-state index contributed by atoms with van der Waals surface area (Å²) in [5, 5.41) is 17.9. The van der Waals surface area contributed by atoms with E-state index in [2.05, 4.69) is 0 Å². The van der Waals surface area contributed by atoms with Crippen LogP contribution in [0, 0.1) is 0 Å². The molecule has 0 aliphatic heterocycles. The molecule has 0 amide bonds. The van der Waals surface area contributed by atoms with E-state index in [4.69, 9.17) is 5.11 Å². The van der Waals surface area contributed by atoms with E-state index in [9.17, 15) is 9.90 Å². The van der Waals surface area contributed by atoms with Gasteiger partial charge in [0.1, 0.15) is 0 Å². The van der Waals surface area contributed by atoms with E-state index < -0.39 is 12.1 Å². The number of carboxylic acid groups (broad SMARTS) is 1. The Balaban J connectivity index is 2.49. The van der Waals surface area contributed by atoms with Crippen molar-refractivity contribution in [1.29, 1.82) is 0 Å². The third-order valence-corrected chi connectivity index (χ3v) is 1.82. The Morgan fingerprint density at radius 2 is 1.92 bits per heavy atom. The molecule has 1 atom stereocenters. The van der Waals surface area contributed by atoms with E-state index in [-0.39, 0.29) is 12.8 Å². The van der Waals surface area contributed by atoms with Crippen LogP contribution < -0.4 is 0 Å². The molecule has 0 radical (unpaired) electrons. The summed E-state index contributed by atoms with van der Waals surface area (Å²) in [6.07, 6.45) is -0.410. The van der Waals surface area contributed by atoms with E-state index in [1.165, 1.54) is 0 Å². The second-order valence-corrected chi connectivity index (χ2v) is 2.86. The van der Waals surface area contributed by atoms with E-state index in [1.54, 1.807) is 12.1 Å².